The highest BCUT2D eigenvalue weighted by Gasteiger charge is 2.28. The molecule has 1 fully saturated rings. The lowest BCUT2D eigenvalue weighted by Crippen LogP contribution is -2.49. The smallest absolute Gasteiger partial charge is 0.254 e. The first-order valence-corrected chi connectivity index (χ1v) is 11.7. The summed E-state index contributed by atoms with van der Waals surface area (Å²) in [6, 6.07) is 5.92. The normalized spacial score (nSPS) is 17.3. The van der Waals surface area contributed by atoms with E-state index in [0.29, 0.717) is 31.7 Å². The van der Waals surface area contributed by atoms with Gasteiger partial charge in [-0.05, 0) is 43.7 Å². The molecule has 0 aliphatic carbocycles. The van der Waals surface area contributed by atoms with Crippen molar-refractivity contribution in [1.82, 2.24) is 19.8 Å². The van der Waals surface area contributed by atoms with Crippen molar-refractivity contribution in [1.29, 1.82) is 0 Å². The van der Waals surface area contributed by atoms with Gasteiger partial charge in [-0.3, -0.25) is 9.69 Å². The molecule has 0 spiro atoms. The predicted octanol–water partition coefficient (Wildman–Crippen LogP) is 3.48. The van der Waals surface area contributed by atoms with E-state index in [1.165, 1.54) is 28.0 Å². The molecule has 0 N–H and O–H groups in total. The van der Waals surface area contributed by atoms with Crippen molar-refractivity contribution >= 4 is 33.3 Å². The number of carbonyl (C=O) groups excluding carboxylic acids is 1. The number of thiophene rings is 1. The minimum absolute atomic E-state index is 0.115. The van der Waals surface area contributed by atoms with Gasteiger partial charge in [0.25, 0.3) is 5.91 Å². The summed E-state index contributed by atoms with van der Waals surface area (Å²) in [6.07, 6.45) is 1.03. The van der Waals surface area contributed by atoms with Crippen LogP contribution in [0.1, 0.15) is 33.5 Å². The van der Waals surface area contributed by atoms with Crippen LogP contribution in [0.5, 0.6) is 0 Å². The van der Waals surface area contributed by atoms with E-state index >= 15 is 0 Å². The van der Waals surface area contributed by atoms with Gasteiger partial charge in [0.1, 0.15) is 22.3 Å². The first-order valence-electron chi connectivity index (χ1n) is 10.8. The van der Waals surface area contributed by atoms with E-state index in [2.05, 4.69) is 16.7 Å². The molecule has 31 heavy (non-hydrogen) atoms. The van der Waals surface area contributed by atoms with Gasteiger partial charge in [-0.25, -0.2) is 14.4 Å². The van der Waals surface area contributed by atoms with Crippen molar-refractivity contribution in [3.8, 4) is 0 Å². The van der Waals surface area contributed by atoms with Crippen LogP contribution in [0.2, 0.25) is 0 Å². The molecule has 0 atom stereocenters. The number of hydrogen-bond donors (Lipinski definition) is 0. The van der Waals surface area contributed by atoms with E-state index in [4.69, 9.17) is 9.97 Å². The number of piperazine rings is 1. The zero-order valence-electron chi connectivity index (χ0n) is 17.9. The summed E-state index contributed by atoms with van der Waals surface area (Å²) in [5.74, 6) is 1.29. The first kappa shape index (κ1) is 20.3. The summed E-state index contributed by atoms with van der Waals surface area (Å²) in [7, 11) is 0. The van der Waals surface area contributed by atoms with Gasteiger partial charge in [-0.2, -0.15) is 0 Å². The zero-order valence-corrected chi connectivity index (χ0v) is 18.7. The molecule has 0 radical (unpaired) electrons. The molecule has 1 amide bonds. The predicted molar refractivity (Wildman–Crippen MR) is 121 cm³/mol. The number of aromatic nitrogens is 2. The number of halogens is 1. The van der Waals surface area contributed by atoms with Crippen LogP contribution < -0.4 is 4.90 Å². The average molecular weight is 440 g/mol. The summed E-state index contributed by atoms with van der Waals surface area (Å²) in [6.45, 7) is 9.87. The molecular weight excluding hydrogens is 413 g/mol. The van der Waals surface area contributed by atoms with Gasteiger partial charge in [-0.15, -0.1) is 11.3 Å². The first-order chi connectivity index (χ1) is 15.0. The molecule has 8 heteroatoms. The third-order valence-electron chi connectivity index (χ3n) is 6.26. The van der Waals surface area contributed by atoms with Crippen molar-refractivity contribution in [3.63, 3.8) is 0 Å². The summed E-state index contributed by atoms with van der Waals surface area (Å²) < 4.78 is 13.5. The highest BCUT2D eigenvalue weighted by Crippen LogP contribution is 2.39. The van der Waals surface area contributed by atoms with Crippen LogP contribution in [0.3, 0.4) is 0 Å². The van der Waals surface area contributed by atoms with Gasteiger partial charge >= 0.3 is 0 Å². The number of hydrogen-bond acceptors (Lipinski definition) is 6. The Bertz CT molecular complexity index is 1140. The van der Waals surface area contributed by atoms with Crippen LogP contribution >= 0.6 is 11.3 Å². The van der Waals surface area contributed by atoms with Crippen LogP contribution in [-0.2, 0) is 13.0 Å². The standard InChI is InChI=1S/C23H26FN5OS/c1-3-27-8-7-18-19(14-27)31-22-20(18)21(25-15(2)26-22)28-9-11-29(12-10-28)23(30)16-5-4-6-17(24)13-16/h4-6,13H,3,7-12,14H2,1-2H3. The number of amides is 1. The Morgan fingerprint density at radius 1 is 1.16 bits per heavy atom. The Hall–Kier alpha value is -2.58. The van der Waals surface area contributed by atoms with Crippen LogP contribution in [-0.4, -0.2) is 64.9 Å². The molecule has 2 aliphatic heterocycles. The Balaban J connectivity index is 1.40. The number of aryl methyl sites for hydroxylation is 1. The maximum atomic E-state index is 13.5. The maximum absolute atomic E-state index is 13.5. The molecule has 2 aliphatic rings. The molecule has 4 heterocycles. The molecule has 5 rings (SSSR count). The van der Waals surface area contributed by atoms with Crippen LogP contribution in [0.25, 0.3) is 10.2 Å². The molecule has 0 saturated carbocycles. The van der Waals surface area contributed by atoms with E-state index in [1.807, 2.05) is 6.92 Å². The number of rotatable bonds is 3. The Morgan fingerprint density at radius 3 is 2.71 bits per heavy atom. The van der Waals surface area contributed by atoms with Crippen LogP contribution in [0.4, 0.5) is 10.2 Å². The van der Waals surface area contributed by atoms with Crippen molar-refractivity contribution < 1.29 is 9.18 Å². The second kappa shape index (κ2) is 8.16. The summed E-state index contributed by atoms with van der Waals surface area (Å²) >= 11 is 1.80. The minimum Gasteiger partial charge on any atom is -0.352 e. The minimum atomic E-state index is -0.382. The summed E-state index contributed by atoms with van der Waals surface area (Å²) in [4.78, 5) is 31.4. The fraction of sp³-hybridized carbons (Fsp3) is 0.435. The van der Waals surface area contributed by atoms with Gasteiger partial charge in [0.05, 0.1) is 5.39 Å². The molecule has 6 nitrogen and oxygen atoms in total. The van der Waals surface area contributed by atoms with E-state index in [9.17, 15) is 9.18 Å². The van der Waals surface area contributed by atoms with Crippen molar-refractivity contribution in [2.75, 3.05) is 44.2 Å². The lowest BCUT2D eigenvalue weighted by molar-refractivity contribution is 0.0746. The second-order valence-corrected chi connectivity index (χ2v) is 9.27. The lowest BCUT2D eigenvalue weighted by atomic mass is 10.0. The fourth-order valence-corrected chi connectivity index (χ4v) is 5.86. The van der Waals surface area contributed by atoms with Gasteiger partial charge in [0.2, 0.25) is 0 Å². The average Bonchev–Trinajstić information content (AvgIpc) is 3.15. The lowest BCUT2D eigenvalue weighted by Gasteiger charge is -2.36. The molecule has 0 unspecified atom stereocenters. The number of carbonyl (C=O) groups is 1. The number of fused-ring (bicyclic) bond motifs is 3. The van der Waals surface area contributed by atoms with E-state index in [-0.39, 0.29) is 11.7 Å². The van der Waals surface area contributed by atoms with E-state index in [0.717, 1.165) is 42.5 Å². The largest absolute Gasteiger partial charge is 0.352 e. The van der Waals surface area contributed by atoms with Crippen molar-refractivity contribution in [2.45, 2.75) is 26.8 Å². The van der Waals surface area contributed by atoms with Gasteiger partial charge < -0.3 is 9.80 Å². The Morgan fingerprint density at radius 2 is 1.97 bits per heavy atom. The molecule has 0 bridgehead atoms. The third kappa shape index (κ3) is 3.78. The number of likely N-dealkylation sites (N-methyl/N-ethyl adjacent to an activating group) is 1. The Labute approximate surface area is 185 Å². The number of benzene rings is 1. The van der Waals surface area contributed by atoms with E-state index < -0.39 is 0 Å². The Kier molecular flexibility index (Phi) is 5.35. The molecular formula is C23H26FN5OS. The highest BCUT2D eigenvalue weighted by atomic mass is 32.1. The molecule has 3 aromatic rings. The van der Waals surface area contributed by atoms with Crippen LogP contribution in [0, 0.1) is 12.7 Å². The maximum Gasteiger partial charge on any atom is 0.254 e. The molecule has 1 aromatic carbocycles. The molecule has 2 aromatic heterocycles. The quantitative estimate of drug-likeness (QED) is 0.626. The van der Waals surface area contributed by atoms with Crippen molar-refractivity contribution in [2.24, 2.45) is 0 Å². The topological polar surface area (TPSA) is 52.6 Å². The van der Waals surface area contributed by atoms with E-state index in [1.54, 1.807) is 28.4 Å². The zero-order chi connectivity index (χ0) is 21.5. The SMILES string of the molecule is CCN1CCc2c(sc3nc(C)nc(N4CCN(C(=O)c5cccc(F)c5)CC4)c23)C1. The van der Waals surface area contributed by atoms with Crippen molar-refractivity contribution in [3.05, 3.63) is 51.9 Å². The highest BCUT2D eigenvalue weighted by molar-refractivity contribution is 7.19. The van der Waals surface area contributed by atoms with Gasteiger partial charge in [-0.1, -0.05) is 13.0 Å². The fourth-order valence-electron chi connectivity index (χ4n) is 4.56. The van der Waals surface area contributed by atoms with Gasteiger partial charge in [0.15, 0.2) is 0 Å². The monoisotopic (exact) mass is 439 g/mol. The molecule has 1 saturated heterocycles. The third-order valence-corrected chi connectivity index (χ3v) is 7.37. The van der Waals surface area contributed by atoms with Crippen LogP contribution in [0.15, 0.2) is 24.3 Å². The second-order valence-electron chi connectivity index (χ2n) is 8.19. The summed E-state index contributed by atoms with van der Waals surface area (Å²) in [5.41, 5.74) is 1.80. The molecule has 162 valence electrons. The number of nitrogens with zero attached hydrogens (tertiary/aromatic N) is 5. The summed E-state index contributed by atoms with van der Waals surface area (Å²) in [5, 5.41) is 1.20. The van der Waals surface area contributed by atoms with Gasteiger partial charge in [0, 0.05) is 49.7 Å². The number of anilines is 1.